The minimum atomic E-state index is -1.08. The second kappa shape index (κ2) is 46.6. The van der Waals surface area contributed by atoms with Crippen LogP contribution in [0.4, 0.5) is 0 Å². The number of hydrogen-bond acceptors (Lipinski definition) is 11. The van der Waals surface area contributed by atoms with Crippen molar-refractivity contribution < 1.29 is 74.0 Å². The Bertz CT molecular complexity index is 1510. The second-order valence-electron chi connectivity index (χ2n) is 12.5. The molecule has 0 aromatic carbocycles. The van der Waals surface area contributed by atoms with Crippen LogP contribution in [0, 0.1) is 10.8 Å². The van der Waals surface area contributed by atoms with Gasteiger partial charge in [-0.25, -0.2) is 28.8 Å². The number of hydrogen-bond donors (Lipinski definition) is 7. The van der Waals surface area contributed by atoms with Crippen molar-refractivity contribution in [1.29, 1.82) is 0 Å². The Morgan fingerprint density at radius 3 is 0.921 bits per heavy atom. The highest BCUT2D eigenvalue weighted by Crippen LogP contribution is 2.32. The van der Waals surface area contributed by atoms with Gasteiger partial charge in [0.1, 0.15) is 13.2 Å². The van der Waals surface area contributed by atoms with E-state index < -0.39 is 46.6 Å². The fourth-order valence-electron chi connectivity index (χ4n) is 3.56. The van der Waals surface area contributed by atoms with Gasteiger partial charge >= 0.3 is 35.8 Å². The molecular formula is C48H70O15. The molecule has 0 heterocycles. The third kappa shape index (κ3) is 46.5. The molecule has 352 valence electrons. The van der Waals surface area contributed by atoms with Crippen LogP contribution < -0.4 is 0 Å². The molecule has 0 bridgehead atoms. The fourth-order valence-corrected chi connectivity index (χ4v) is 3.56. The summed E-state index contributed by atoms with van der Waals surface area (Å²) in [7, 11) is 0. The maximum atomic E-state index is 12.0. The molecule has 63 heavy (non-hydrogen) atoms. The highest BCUT2D eigenvalue weighted by atomic mass is 16.5. The van der Waals surface area contributed by atoms with Crippen LogP contribution in [0.1, 0.15) is 74.7 Å². The van der Waals surface area contributed by atoms with Crippen molar-refractivity contribution in [3.05, 3.63) is 145 Å². The number of ether oxygens (including phenoxy) is 2. The number of rotatable bonds is 23. The summed E-state index contributed by atoms with van der Waals surface area (Å²) < 4.78 is 10.7. The molecule has 0 spiro atoms. The molecule has 15 nitrogen and oxygen atoms in total. The zero-order valence-corrected chi connectivity index (χ0v) is 37.8. The fraction of sp³-hybridized carbons (Fsp3) is 0.375. The van der Waals surface area contributed by atoms with Gasteiger partial charge in [0.05, 0.1) is 19.8 Å². The van der Waals surface area contributed by atoms with Crippen molar-refractivity contribution in [3.8, 4) is 0 Å². The molecule has 15 heteroatoms. The van der Waals surface area contributed by atoms with Crippen LogP contribution in [0.2, 0.25) is 0 Å². The van der Waals surface area contributed by atoms with Crippen LogP contribution >= 0.6 is 0 Å². The Balaban J connectivity index is -0.000000272. The van der Waals surface area contributed by atoms with Crippen molar-refractivity contribution in [2.75, 3.05) is 33.0 Å². The van der Waals surface area contributed by atoms with E-state index in [1.165, 1.54) is 36.5 Å². The summed E-state index contributed by atoms with van der Waals surface area (Å²) >= 11 is 0. The van der Waals surface area contributed by atoms with Gasteiger partial charge in [-0.15, -0.1) is 0 Å². The monoisotopic (exact) mass is 886 g/mol. The van der Waals surface area contributed by atoms with Crippen molar-refractivity contribution >= 4 is 35.8 Å². The normalized spacial score (nSPS) is 13.0. The highest BCUT2D eigenvalue weighted by molar-refractivity contribution is 5.87. The molecule has 0 amide bonds. The Morgan fingerprint density at radius 2 is 0.714 bits per heavy atom. The van der Waals surface area contributed by atoms with Crippen molar-refractivity contribution in [1.82, 2.24) is 0 Å². The van der Waals surface area contributed by atoms with E-state index in [4.69, 9.17) is 40.1 Å². The van der Waals surface area contributed by atoms with Gasteiger partial charge in [0.2, 0.25) is 0 Å². The molecule has 0 aliphatic rings. The Kier molecular flexibility index (Phi) is 48.6. The molecule has 0 unspecified atom stereocenters. The first-order valence-corrected chi connectivity index (χ1v) is 19.8. The zero-order valence-electron chi connectivity index (χ0n) is 37.8. The lowest BCUT2D eigenvalue weighted by Crippen LogP contribution is -2.35. The predicted molar refractivity (Wildman–Crippen MR) is 246 cm³/mol. The van der Waals surface area contributed by atoms with Gasteiger partial charge in [0, 0.05) is 46.8 Å². The highest BCUT2D eigenvalue weighted by Gasteiger charge is 2.34. The van der Waals surface area contributed by atoms with E-state index in [0.717, 1.165) is 18.2 Å². The molecule has 0 aromatic rings. The van der Waals surface area contributed by atoms with Gasteiger partial charge in [-0.05, 0) is 60.8 Å². The van der Waals surface area contributed by atoms with Gasteiger partial charge in [-0.1, -0.05) is 123 Å². The van der Waals surface area contributed by atoms with Crippen LogP contribution in [0.5, 0.6) is 0 Å². The maximum absolute atomic E-state index is 12.0. The first kappa shape index (κ1) is 65.7. The lowest BCUT2D eigenvalue weighted by Gasteiger charge is -2.31. The SMILES string of the molecule is C/C=C/C=C/C(=O)O.C/C=C/C=C/C(=O)O.C/C=C/C=C/C(=O)O.CC=CC=CC(=O)OCC(CC)(COC(=O)C=CC=CC)CC(=CC=CC)C(=O)O.CCC(CO)(CO)CO. The molecular weight excluding hydrogens is 817 g/mol. The van der Waals surface area contributed by atoms with Gasteiger partial charge in [-0.2, -0.15) is 0 Å². The number of carbonyl (C=O) groups excluding carboxylic acids is 2. The molecule has 0 aliphatic heterocycles. The van der Waals surface area contributed by atoms with Crippen LogP contribution in [-0.4, -0.2) is 105 Å². The Morgan fingerprint density at radius 1 is 0.429 bits per heavy atom. The van der Waals surface area contributed by atoms with Crippen molar-refractivity contribution in [2.45, 2.75) is 74.7 Å². The lowest BCUT2D eigenvalue weighted by atomic mass is 9.80. The predicted octanol–water partition coefficient (Wildman–Crippen LogP) is 7.68. The number of allylic oxidation sites excluding steroid dienone is 18. The van der Waals surface area contributed by atoms with Crippen LogP contribution in [0.15, 0.2) is 145 Å². The molecule has 0 rings (SSSR count). The quantitative estimate of drug-likeness (QED) is 0.0295. The molecule has 0 saturated carbocycles. The average Bonchev–Trinajstić information content (AvgIpc) is 3.25. The van der Waals surface area contributed by atoms with Crippen molar-refractivity contribution in [2.24, 2.45) is 10.8 Å². The topological polar surface area (TPSA) is 262 Å². The first-order chi connectivity index (χ1) is 29.9. The van der Waals surface area contributed by atoms with E-state index in [0.29, 0.717) is 12.8 Å². The minimum absolute atomic E-state index is 0.0703. The third-order valence-corrected chi connectivity index (χ3v) is 7.58. The summed E-state index contributed by atoms with van der Waals surface area (Å²) in [5.41, 5.74) is -1.41. The van der Waals surface area contributed by atoms with Crippen molar-refractivity contribution in [3.63, 3.8) is 0 Å². The number of carbonyl (C=O) groups is 6. The van der Waals surface area contributed by atoms with E-state index in [1.54, 1.807) is 92.0 Å². The molecule has 0 aliphatic carbocycles. The van der Waals surface area contributed by atoms with Crippen LogP contribution in [0.3, 0.4) is 0 Å². The van der Waals surface area contributed by atoms with Crippen LogP contribution in [-0.2, 0) is 38.2 Å². The third-order valence-electron chi connectivity index (χ3n) is 7.58. The summed E-state index contributed by atoms with van der Waals surface area (Å²) in [6.07, 6.45) is 36.5. The summed E-state index contributed by atoms with van der Waals surface area (Å²) in [6, 6.07) is 0. The maximum Gasteiger partial charge on any atom is 0.331 e. The Labute approximate surface area is 372 Å². The van der Waals surface area contributed by atoms with E-state index in [1.807, 2.05) is 48.5 Å². The average molecular weight is 887 g/mol. The Hall–Kier alpha value is -6.42. The number of aliphatic hydroxyl groups excluding tert-OH is 3. The van der Waals surface area contributed by atoms with E-state index in [-0.39, 0.29) is 45.0 Å². The smallest absolute Gasteiger partial charge is 0.331 e. The number of aliphatic carboxylic acids is 4. The minimum Gasteiger partial charge on any atom is -0.478 e. The molecule has 0 aromatic heterocycles. The second-order valence-corrected chi connectivity index (χ2v) is 12.5. The van der Waals surface area contributed by atoms with Gasteiger partial charge in [-0.3, -0.25) is 0 Å². The summed E-state index contributed by atoms with van der Waals surface area (Å²) in [5, 5.41) is 59.6. The van der Waals surface area contributed by atoms with Gasteiger partial charge in [0.25, 0.3) is 0 Å². The number of carboxylic acid groups (broad SMARTS) is 4. The van der Waals surface area contributed by atoms with E-state index in [9.17, 15) is 33.9 Å². The summed E-state index contributed by atoms with van der Waals surface area (Å²) in [6.45, 7) is 13.9. The molecule has 7 N–H and O–H groups in total. The number of esters is 2. The number of carboxylic acids is 4. The molecule has 0 atom stereocenters. The molecule has 0 saturated heterocycles. The van der Waals surface area contributed by atoms with Gasteiger partial charge < -0.3 is 45.2 Å². The molecule has 0 radical (unpaired) electrons. The standard InChI is InChI=1S/C24H32O6.C6H14O3.3C6H8O2/c1-5-9-12-15-21(25)29-18-24(8-4,17-20(23(27)28)14-11-7-3)19-30-22(26)16-13-10-6-2;1-2-6(3-7,4-8)5-9;3*1-2-3-4-5-6(7)8/h5-7,9-16H,8,17-19H2,1-4H3,(H,27,28);7-9H,2-5H2,1H3;3*2-5H,1H3,(H,7,8)/b;;3*3-2+,5-4+. The van der Waals surface area contributed by atoms with Crippen LogP contribution in [0.25, 0.3) is 0 Å². The first-order valence-electron chi connectivity index (χ1n) is 19.8. The lowest BCUT2D eigenvalue weighted by molar-refractivity contribution is -0.148. The summed E-state index contributed by atoms with van der Waals surface area (Å²) in [4.78, 5) is 64.9. The number of aliphatic hydroxyl groups is 3. The molecule has 0 fully saturated rings. The van der Waals surface area contributed by atoms with E-state index >= 15 is 0 Å². The van der Waals surface area contributed by atoms with E-state index in [2.05, 4.69) is 0 Å². The van der Waals surface area contributed by atoms with Gasteiger partial charge in [0.15, 0.2) is 0 Å². The largest absolute Gasteiger partial charge is 0.478 e. The summed E-state index contributed by atoms with van der Waals surface area (Å²) in [5.74, 6) is -4.93. The zero-order chi connectivity index (χ0) is 49.4.